The highest BCUT2D eigenvalue weighted by Gasteiger charge is 2.42. The van der Waals surface area contributed by atoms with Gasteiger partial charge in [-0.2, -0.15) is 0 Å². The van der Waals surface area contributed by atoms with Crippen molar-refractivity contribution in [3.05, 3.63) is 30.2 Å². The van der Waals surface area contributed by atoms with E-state index in [2.05, 4.69) is 29.6 Å². The van der Waals surface area contributed by atoms with Crippen LogP contribution < -0.4 is 5.32 Å². The van der Waals surface area contributed by atoms with Gasteiger partial charge in [-0.15, -0.1) is 0 Å². The van der Waals surface area contributed by atoms with E-state index in [-0.39, 0.29) is 0 Å². The van der Waals surface area contributed by atoms with Crippen molar-refractivity contribution in [1.29, 1.82) is 0 Å². The summed E-state index contributed by atoms with van der Waals surface area (Å²) in [5, 5.41) is 3.51. The van der Waals surface area contributed by atoms with E-state index in [1.54, 1.807) is 0 Å². The lowest BCUT2D eigenvalue weighted by Gasteiger charge is -2.29. The molecule has 0 bridgehead atoms. The third-order valence-corrected chi connectivity index (χ3v) is 3.77. The predicted octanol–water partition coefficient (Wildman–Crippen LogP) is 1.93. The van der Waals surface area contributed by atoms with Crippen molar-refractivity contribution in [2.75, 3.05) is 13.1 Å². The van der Waals surface area contributed by atoms with Crippen LogP contribution in [-0.2, 0) is 0 Å². The highest BCUT2D eigenvalue weighted by molar-refractivity contribution is 5.25. The van der Waals surface area contributed by atoms with Gasteiger partial charge in [0.15, 0.2) is 0 Å². The van der Waals surface area contributed by atoms with Crippen molar-refractivity contribution in [3.63, 3.8) is 0 Å². The van der Waals surface area contributed by atoms with E-state index in [1.165, 1.54) is 25.9 Å². The van der Waals surface area contributed by atoms with E-state index in [0.29, 0.717) is 0 Å². The molecule has 1 saturated carbocycles. The zero-order chi connectivity index (χ0) is 8.67. The molecular formula is C12H16N. The minimum Gasteiger partial charge on any atom is -0.316 e. The average molecular weight is 174 g/mol. The molecule has 2 aliphatic carbocycles. The van der Waals surface area contributed by atoms with Crippen LogP contribution in [0.4, 0.5) is 0 Å². The van der Waals surface area contributed by atoms with Crippen LogP contribution in [0.3, 0.4) is 0 Å². The largest absolute Gasteiger partial charge is 0.316 e. The Morgan fingerprint density at radius 1 is 1.23 bits per heavy atom. The second kappa shape index (κ2) is 2.98. The van der Waals surface area contributed by atoms with Gasteiger partial charge in [-0.05, 0) is 49.6 Å². The molecule has 1 nitrogen and oxygen atoms in total. The van der Waals surface area contributed by atoms with Gasteiger partial charge in [-0.25, -0.2) is 0 Å². The number of rotatable bonds is 0. The molecule has 2 fully saturated rings. The molecule has 0 aromatic rings. The van der Waals surface area contributed by atoms with E-state index < -0.39 is 0 Å². The standard InChI is InChI=1S/C12H16N/c1-2-4-11-9(3-1)7-10-5-6-13-8-12(10)11/h1-4,9,11-13H,5-8H2. The summed E-state index contributed by atoms with van der Waals surface area (Å²) in [4.78, 5) is 0. The summed E-state index contributed by atoms with van der Waals surface area (Å²) in [5.74, 6) is 4.31. The van der Waals surface area contributed by atoms with Crippen molar-refractivity contribution in [1.82, 2.24) is 5.32 Å². The molecule has 0 spiro atoms. The summed E-state index contributed by atoms with van der Waals surface area (Å²) in [6.45, 7) is 2.42. The molecule has 1 radical (unpaired) electrons. The molecule has 0 aromatic carbocycles. The zero-order valence-corrected chi connectivity index (χ0v) is 7.87. The summed E-state index contributed by atoms with van der Waals surface area (Å²) in [7, 11) is 0. The predicted molar refractivity (Wildman–Crippen MR) is 54.1 cm³/mol. The maximum absolute atomic E-state index is 3.51. The van der Waals surface area contributed by atoms with E-state index in [9.17, 15) is 0 Å². The molecule has 1 heterocycles. The van der Waals surface area contributed by atoms with Crippen molar-refractivity contribution < 1.29 is 0 Å². The summed E-state index contributed by atoms with van der Waals surface area (Å²) in [5.41, 5.74) is 0. The molecule has 1 N–H and O–H groups in total. The minimum atomic E-state index is 0.813. The van der Waals surface area contributed by atoms with E-state index in [4.69, 9.17) is 0 Å². The van der Waals surface area contributed by atoms with Crippen molar-refractivity contribution in [2.45, 2.75) is 12.8 Å². The van der Waals surface area contributed by atoms with Crippen LogP contribution in [0.1, 0.15) is 12.8 Å². The SMILES string of the molecule is C1=CC2C[C]3CCNCC3C2C=C1. The van der Waals surface area contributed by atoms with Gasteiger partial charge in [-0.1, -0.05) is 24.3 Å². The second-order valence-corrected chi connectivity index (χ2v) is 4.43. The summed E-state index contributed by atoms with van der Waals surface area (Å²) in [6.07, 6.45) is 11.9. The van der Waals surface area contributed by atoms with Gasteiger partial charge in [-0.3, -0.25) is 0 Å². The summed E-state index contributed by atoms with van der Waals surface area (Å²) >= 11 is 0. The Kier molecular flexibility index (Phi) is 1.79. The number of nitrogens with one attached hydrogen (secondary N) is 1. The smallest absolute Gasteiger partial charge is 0.000912 e. The first-order chi connectivity index (χ1) is 6.45. The van der Waals surface area contributed by atoms with E-state index in [0.717, 1.165) is 17.8 Å². The second-order valence-electron chi connectivity index (χ2n) is 4.43. The zero-order valence-electron chi connectivity index (χ0n) is 7.87. The molecule has 1 aliphatic heterocycles. The average Bonchev–Trinajstić information content (AvgIpc) is 2.56. The number of piperidine rings is 1. The third kappa shape index (κ3) is 1.18. The Labute approximate surface area is 79.9 Å². The van der Waals surface area contributed by atoms with Crippen molar-refractivity contribution in [2.24, 2.45) is 17.8 Å². The number of hydrogen-bond donors (Lipinski definition) is 1. The Morgan fingerprint density at radius 3 is 3.15 bits per heavy atom. The molecule has 0 aromatic heterocycles. The van der Waals surface area contributed by atoms with Crippen LogP contribution in [0.2, 0.25) is 0 Å². The molecule has 1 heteroatoms. The van der Waals surface area contributed by atoms with E-state index in [1.807, 2.05) is 5.92 Å². The molecule has 0 amide bonds. The van der Waals surface area contributed by atoms with Gasteiger partial charge < -0.3 is 5.32 Å². The Balaban J connectivity index is 1.85. The molecular weight excluding hydrogens is 158 g/mol. The van der Waals surface area contributed by atoms with Gasteiger partial charge in [0, 0.05) is 0 Å². The molecule has 3 aliphatic rings. The fraction of sp³-hybridized carbons (Fsp3) is 0.583. The van der Waals surface area contributed by atoms with Gasteiger partial charge in [0.05, 0.1) is 0 Å². The first kappa shape index (κ1) is 7.81. The quantitative estimate of drug-likeness (QED) is 0.591. The van der Waals surface area contributed by atoms with Gasteiger partial charge >= 0.3 is 0 Å². The number of fused-ring (bicyclic) bond motifs is 3. The van der Waals surface area contributed by atoms with Crippen LogP contribution in [0.5, 0.6) is 0 Å². The van der Waals surface area contributed by atoms with Crippen molar-refractivity contribution >= 4 is 0 Å². The molecule has 13 heavy (non-hydrogen) atoms. The number of allylic oxidation sites excluding steroid dienone is 4. The summed E-state index contributed by atoms with van der Waals surface area (Å²) < 4.78 is 0. The monoisotopic (exact) mass is 174 g/mol. The fourth-order valence-electron chi connectivity index (χ4n) is 3.11. The molecule has 3 atom stereocenters. The van der Waals surface area contributed by atoms with Crippen LogP contribution in [0, 0.1) is 23.7 Å². The van der Waals surface area contributed by atoms with Crippen molar-refractivity contribution in [3.8, 4) is 0 Å². The Morgan fingerprint density at radius 2 is 2.15 bits per heavy atom. The molecule has 1 saturated heterocycles. The lowest BCUT2D eigenvalue weighted by molar-refractivity contribution is 0.370. The molecule has 69 valence electrons. The molecule has 3 rings (SSSR count). The highest BCUT2D eigenvalue weighted by atomic mass is 14.9. The van der Waals surface area contributed by atoms with E-state index >= 15 is 0 Å². The number of hydrogen-bond acceptors (Lipinski definition) is 1. The van der Waals surface area contributed by atoms with Crippen LogP contribution in [0.25, 0.3) is 0 Å². The van der Waals surface area contributed by atoms with Gasteiger partial charge in [0.2, 0.25) is 0 Å². The normalized spacial score (nSPS) is 43.2. The maximum Gasteiger partial charge on any atom is -0.000912 e. The first-order valence-electron chi connectivity index (χ1n) is 5.35. The summed E-state index contributed by atoms with van der Waals surface area (Å²) in [6, 6.07) is 0. The maximum atomic E-state index is 3.51. The molecule has 3 unspecified atom stereocenters. The van der Waals surface area contributed by atoms with Crippen LogP contribution in [-0.4, -0.2) is 13.1 Å². The van der Waals surface area contributed by atoms with Gasteiger partial charge in [0.1, 0.15) is 0 Å². The lowest BCUT2D eigenvalue weighted by Crippen LogP contribution is -2.35. The highest BCUT2D eigenvalue weighted by Crippen LogP contribution is 2.47. The lowest BCUT2D eigenvalue weighted by atomic mass is 9.82. The Bertz CT molecular complexity index is 254. The van der Waals surface area contributed by atoms with Crippen LogP contribution >= 0.6 is 0 Å². The Hall–Kier alpha value is -0.560. The third-order valence-electron chi connectivity index (χ3n) is 3.77. The van der Waals surface area contributed by atoms with Crippen LogP contribution in [0.15, 0.2) is 24.3 Å². The van der Waals surface area contributed by atoms with Gasteiger partial charge in [0.25, 0.3) is 0 Å². The first-order valence-corrected chi connectivity index (χ1v) is 5.35. The minimum absolute atomic E-state index is 0.813. The topological polar surface area (TPSA) is 12.0 Å². The fourth-order valence-corrected chi connectivity index (χ4v) is 3.11.